The number of nitrogens with two attached hydrogens (primary N) is 1. The SMILES string of the molecule is Cc1csc(C(=Nc2ccc(C#N)cc2)NN)n1. The molecular formula is C12H11N5S. The molecule has 0 amide bonds. The van der Waals surface area contributed by atoms with Crippen molar-refractivity contribution in [1.29, 1.82) is 5.26 Å². The number of benzene rings is 1. The van der Waals surface area contributed by atoms with Crippen molar-refractivity contribution in [2.75, 3.05) is 0 Å². The average molecular weight is 257 g/mol. The van der Waals surface area contributed by atoms with E-state index in [0.717, 1.165) is 16.4 Å². The first-order valence-corrected chi connectivity index (χ1v) is 6.09. The molecule has 5 nitrogen and oxygen atoms in total. The lowest BCUT2D eigenvalue weighted by molar-refractivity contribution is 1.02. The van der Waals surface area contributed by atoms with Gasteiger partial charge >= 0.3 is 0 Å². The number of nitrogens with one attached hydrogen (secondary N) is 1. The highest BCUT2D eigenvalue weighted by molar-refractivity contribution is 7.11. The normalized spacial score (nSPS) is 11.1. The van der Waals surface area contributed by atoms with Crippen molar-refractivity contribution in [3.8, 4) is 6.07 Å². The van der Waals surface area contributed by atoms with E-state index >= 15 is 0 Å². The summed E-state index contributed by atoms with van der Waals surface area (Å²) in [4.78, 5) is 8.66. The Morgan fingerprint density at radius 1 is 1.44 bits per heavy atom. The number of nitrogens with zero attached hydrogens (tertiary/aromatic N) is 3. The van der Waals surface area contributed by atoms with Gasteiger partial charge in [-0.05, 0) is 31.2 Å². The molecule has 6 heteroatoms. The van der Waals surface area contributed by atoms with Crippen molar-refractivity contribution in [3.63, 3.8) is 0 Å². The van der Waals surface area contributed by atoms with Gasteiger partial charge in [0.2, 0.25) is 0 Å². The van der Waals surface area contributed by atoms with Crippen LogP contribution in [0.15, 0.2) is 34.6 Å². The van der Waals surface area contributed by atoms with E-state index < -0.39 is 0 Å². The molecule has 0 atom stereocenters. The fraction of sp³-hybridized carbons (Fsp3) is 0.0833. The molecule has 2 aromatic rings. The Hall–Kier alpha value is -2.23. The van der Waals surface area contributed by atoms with Crippen molar-refractivity contribution in [3.05, 3.63) is 45.9 Å². The van der Waals surface area contributed by atoms with Gasteiger partial charge in [0.05, 0.1) is 17.3 Å². The zero-order valence-corrected chi connectivity index (χ0v) is 10.5. The molecule has 0 aliphatic rings. The number of hydrogen-bond acceptors (Lipinski definition) is 5. The van der Waals surface area contributed by atoms with Gasteiger partial charge in [-0.2, -0.15) is 5.26 Å². The molecule has 1 aromatic heterocycles. The number of rotatable bonds is 2. The second-order valence-corrected chi connectivity index (χ2v) is 4.42. The Labute approximate surface area is 109 Å². The first kappa shape index (κ1) is 12.2. The second-order valence-electron chi connectivity index (χ2n) is 3.56. The van der Waals surface area contributed by atoms with Gasteiger partial charge in [0.1, 0.15) is 0 Å². The summed E-state index contributed by atoms with van der Waals surface area (Å²) in [6, 6.07) is 8.99. The summed E-state index contributed by atoms with van der Waals surface area (Å²) in [5, 5.41) is 11.4. The number of aryl methyl sites for hydroxylation is 1. The average Bonchev–Trinajstić information content (AvgIpc) is 2.83. The number of thiazole rings is 1. The van der Waals surface area contributed by atoms with E-state index in [1.165, 1.54) is 11.3 Å². The molecule has 0 aliphatic heterocycles. The maximum absolute atomic E-state index is 8.71. The zero-order valence-electron chi connectivity index (χ0n) is 9.71. The number of aromatic nitrogens is 1. The lowest BCUT2D eigenvalue weighted by Crippen LogP contribution is -2.30. The van der Waals surface area contributed by atoms with Crippen LogP contribution in [0, 0.1) is 18.3 Å². The summed E-state index contributed by atoms with van der Waals surface area (Å²) in [5.74, 6) is 5.96. The topological polar surface area (TPSA) is 87.1 Å². The number of hydrazine groups is 1. The molecule has 3 N–H and O–H groups in total. The third kappa shape index (κ3) is 2.71. The summed E-state index contributed by atoms with van der Waals surface area (Å²) in [7, 11) is 0. The molecule has 0 radical (unpaired) electrons. The number of hydrogen-bond donors (Lipinski definition) is 2. The summed E-state index contributed by atoms with van der Waals surface area (Å²) in [5.41, 5.74) is 4.79. The lowest BCUT2D eigenvalue weighted by Gasteiger charge is -2.01. The zero-order chi connectivity index (χ0) is 13.0. The lowest BCUT2D eigenvalue weighted by atomic mass is 10.2. The Kier molecular flexibility index (Phi) is 3.67. The maximum Gasteiger partial charge on any atom is 0.177 e. The standard InChI is InChI=1S/C12H11N5S/c1-8-7-18-12(15-8)11(17-14)16-10-4-2-9(6-13)3-5-10/h2-5,7H,14H2,1H3,(H,16,17). The first-order chi connectivity index (χ1) is 8.72. The minimum absolute atomic E-state index is 0.512. The van der Waals surface area contributed by atoms with Crippen molar-refractivity contribution in [2.24, 2.45) is 10.8 Å². The minimum Gasteiger partial charge on any atom is -0.306 e. The van der Waals surface area contributed by atoms with Crippen LogP contribution in [0.3, 0.4) is 0 Å². The molecule has 1 heterocycles. The van der Waals surface area contributed by atoms with Gasteiger partial charge in [-0.1, -0.05) is 0 Å². The second kappa shape index (κ2) is 5.40. The number of aliphatic imine (C=N–C) groups is 1. The molecule has 0 bridgehead atoms. The third-order valence-corrected chi connectivity index (χ3v) is 3.16. The Morgan fingerprint density at radius 2 is 2.17 bits per heavy atom. The van der Waals surface area contributed by atoms with E-state index in [-0.39, 0.29) is 0 Å². The first-order valence-electron chi connectivity index (χ1n) is 5.21. The highest BCUT2D eigenvalue weighted by Crippen LogP contribution is 2.16. The van der Waals surface area contributed by atoms with Gasteiger partial charge in [0, 0.05) is 11.1 Å². The van der Waals surface area contributed by atoms with E-state index in [2.05, 4.69) is 21.5 Å². The van der Waals surface area contributed by atoms with Crippen LogP contribution < -0.4 is 11.3 Å². The van der Waals surface area contributed by atoms with Crippen molar-refractivity contribution >= 4 is 22.9 Å². The smallest absolute Gasteiger partial charge is 0.177 e. The van der Waals surface area contributed by atoms with Crippen LogP contribution in [0.4, 0.5) is 5.69 Å². The Morgan fingerprint density at radius 3 is 2.67 bits per heavy atom. The van der Waals surface area contributed by atoms with Crippen molar-refractivity contribution < 1.29 is 0 Å². The van der Waals surface area contributed by atoms with E-state index in [9.17, 15) is 0 Å². The molecule has 90 valence electrons. The number of amidine groups is 1. The van der Waals surface area contributed by atoms with E-state index in [0.29, 0.717) is 11.4 Å². The molecule has 0 fully saturated rings. The molecule has 0 saturated heterocycles. The van der Waals surface area contributed by atoms with Crippen molar-refractivity contribution in [1.82, 2.24) is 10.4 Å². The monoisotopic (exact) mass is 257 g/mol. The predicted molar refractivity (Wildman–Crippen MR) is 71.5 cm³/mol. The largest absolute Gasteiger partial charge is 0.306 e. The molecule has 18 heavy (non-hydrogen) atoms. The maximum atomic E-state index is 8.71. The van der Waals surface area contributed by atoms with Gasteiger partial charge in [-0.25, -0.2) is 15.8 Å². The molecule has 0 spiro atoms. The van der Waals surface area contributed by atoms with Crippen LogP contribution in [-0.4, -0.2) is 10.8 Å². The van der Waals surface area contributed by atoms with Crippen molar-refractivity contribution in [2.45, 2.75) is 6.92 Å². The van der Waals surface area contributed by atoms with Gasteiger partial charge in [0.25, 0.3) is 0 Å². The van der Waals surface area contributed by atoms with E-state index in [1.807, 2.05) is 12.3 Å². The Bertz CT molecular complexity index is 606. The highest BCUT2D eigenvalue weighted by Gasteiger charge is 2.06. The van der Waals surface area contributed by atoms with Crippen LogP contribution in [0.5, 0.6) is 0 Å². The van der Waals surface area contributed by atoms with Gasteiger partial charge < -0.3 is 5.43 Å². The van der Waals surface area contributed by atoms with Crippen LogP contribution in [-0.2, 0) is 0 Å². The van der Waals surface area contributed by atoms with Crippen LogP contribution >= 0.6 is 11.3 Å². The number of nitriles is 1. The molecular weight excluding hydrogens is 246 g/mol. The molecule has 2 rings (SSSR count). The van der Waals surface area contributed by atoms with Gasteiger partial charge in [-0.3, -0.25) is 0 Å². The molecule has 0 saturated carbocycles. The van der Waals surface area contributed by atoms with E-state index in [4.69, 9.17) is 11.1 Å². The molecule has 1 aromatic carbocycles. The third-order valence-electron chi connectivity index (χ3n) is 2.20. The molecule has 0 unspecified atom stereocenters. The fourth-order valence-corrected chi connectivity index (χ4v) is 2.09. The van der Waals surface area contributed by atoms with Crippen LogP contribution in [0.1, 0.15) is 16.3 Å². The molecule has 0 aliphatic carbocycles. The van der Waals surface area contributed by atoms with Gasteiger partial charge in [0.15, 0.2) is 10.8 Å². The fourth-order valence-electron chi connectivity index (χ4n) is 1.34. The van der Waals surface area contributed by atoms with Crippen LogP contribution in [0.2, 0.25) is 0 Å². The quantitative estimate of drug-likeness (QED) is 0.372. The predicted octanol–water partition coefficient (Wildman–Crippen LogP) is 1.86. The summed E-state index contributed by atoms with van der Waals surface area (Å²) < 4.78 is 0. The highest BCUT2D eigenvalue weighted by atomic mass is 32.1. The summed E-state index contributed by atoms with van der Waals surface area (Å²) in [6.45, 7) is 1.91. The van der Waals surface area contributed by atoms with E-state index in [1.54, 1.807) is 24.3 Å². The minimum atomic E-state index is 0.512. The Balaban J connectivity index is 2.31. The summed E-state index contributed by atoms with van der Waals surface area (Å²) >= 11 is 1.47. The van der Waals surface area contributed by atoms with Crippen LogP contribution in [0.25, 0.3) is 0 Å². The summed E-state index contributed by atoms with van der Waals surface area (Å²) in [6.07, 6.45) is 0. The van der Waals surface area contributed by atoms with Gasteiger partial charge in [-0.15, -0.1) is 11.3 Å².